The molecule has 0 saturated carbocycles. The summed E-state index contributed by atoms with van der Waals surface area (Å²) in [6, 6.07) is 17.3. The monoisotopic (exact) mass is 296 g/mol. The van der Waals surface area contributed by atoms with Crippen molar-refractivity contribution in [3.05, 3.63) is 71.4 Å². The zero-order valence-corrected chi connectivity index (χ0v) is 12.0. The predicted molar refractivity (Wildman–Crippen MR) is 85.5 cm³/mol. The molecule has 1 heterocycles. The second-order valence-corrected chi connectivity index (χ2v) is 5.16. The maximum Gasteiger partial charge on any atom is 0.229 e. The van der Waals surface area contributed by atoms with Crippen molar-refractivity contribution >= 4 is 34.1 Å². The van der Waals surface area contributed by atoms with E-state index >= 15 is 0 Å². The fourth-order valence-corrected chi connectivity index (χ4v) is 2.44. The molecule has 0 unspecified atom stereocenters. The summed E-state index contributed by atoms with van der Waals surface area (Å²) in [5.74, 6) is 0.355. The number of hydrogen-bond acceptors (Lipinski definition) is 2. The number of nitrogens with zero attached hydrogens (tertiary/aromatic N) is 1. The smallest absolute Gasteiger partial charge is 0.229 e. The number of hydrogen-bond donors (Lipinski definition) is 1. The molecule has 0 atom stereocenters. The van der Waals surface area contributed by atoms with Gasteiger partial charge in [0.2, 0.25) is 5.91 Å². The first-order valence-corrected chi connectivity index (χ1v) is 6.98. The number of amides is 1. The van der Waals surface area contributed by atoms with Gasteiger partial charge in [0, 0.05) is 11.2 Å². The van der Waals surface area contributed by atoms with Gasteiger partial charge in [-0.25, -0.2) is 4.98 Å². The van der Waals surface area contributed by atoms with Gasteiger partial charge in [0.05, 0.1) is 6.42 Å². The van der Waals surface area contributed by atoms with E-state index in [0.717, 1.165) is 16.3 Å². The van der Waals surface area contributed by atoms with Crippen molar-refractivity contribution < 1.29 is 4.79 Å². The third-order valence-electron chi connectivity index (χ3n) is 3.22. The van der Waals surface area contributed by atoms with Crippen LogP contribution in [0.3, 0.4) is 0 Å². The van der Waals surface area contributed by atoms with Gasteiger partial charge in [0.15, 0.2) is 0 Å². The average molecular weight is 297 g/mol. The zero-order chi connectivity index (χ0) is 14.7. The zero-order valence-electron chi connectivity index (χ0n) is 11.2. The normalized spacial score (nSPS) is 10.5. The molecule has 3 nitrogen and oxygen atoms in total. The molecule has 104 valence electrons. The number of benzene rings is 2. The SMILES string of the molecule is O=C(Cc1cccc2ccccc12)Nc1cc(Cl)ccn1. The van der Waals surface area contributed by atoms with E-state index in [0.29, 0.717) is 17.3 Å². The van der Waals surface area contributed by atoms with Gasteiger partial charge in [-0.05, 0) is 28.5 Å². The highest BCUT2D eigenvalue weighted by Gasteiger charge is 2.08. The largest absolute Gasteiger partial charge is 0.310 e. The summed E-state index contributed by atoms with van der Waals surface area (Å²) in [5.41, 5.74) is 0.993. The Morgan fingerprint density at radius 2 is 1.90 bits per heavy atom. The summed E-state index contributed by atoms with van der Waals surface area (Å²) in [6.07, 6.45) is 1.87. The van der Waals surface area contributed by atoms with Gasteiger partial charge in [-0.1, -0.05) is 54.1 Å². The van der Waals surface area contributed by atoms with E-state index in [1.54, 1.807) is 18.3 Å². The summed E-state index contributed by atoms with van der Waals surface area (Å²) in [5, 5.41) is 5.53. The van der Waals surface area contributed by atoms with Gasteiger partial charge in [-0.15, -0.1) is 0 Å². The van der Waals surface area contributed by atoms with E-state index < -0.39 is 0 Å². The van der Waals surface area contributed by atoms with Gasteiger partial charge < -0.3 is 5.32 Å². The van der Waals surface area contributed by atoms with Crippen molar-refractivity contribution in [2.24, 2.45) is 0 Å². The summed E-state index contributed by atoms with van der Waals surface area (Å²) in [6.45, 7) is 0. The topological polar surface area (TPSA) is 42.0 Å². The van der Waals surface area contributed by atoms with E-state index in [4.69, 9.17) is 11.6 Å². The van der Waals surface area contributed by atoms with Crippen LogP contribution in [0.5, 0.6) is 0 Å². The van der Waals surface area contributed by atoms with Crippen LogP contribution in [0.1, 0.15) is 5.56 Å². The Bertz CT molecular complexity index is 796. The fraction of sp³-hybridized carbons (Fsp3) is 0.0588. The van der Waals surface area contributed by atoms with Gasteiger partial charge in [-0.2, -0.15) is 0 Å². The first kappa shape index (κ1) is 13.6. The van der Waals surface area contributed by atoms with Gasteiger partial charge in [0.1, 0.15) is 5.82 Å². The van der Waals surface area contributed by atoms with Gasteiger partial charge >= 0.3 is 0 Å². The molecule has 2 aromatic carbocycles. The second kappa shape index (κ2) is 5.94. The lowest BCUT2D eigenvalue weighted by Crippen LogP contribution is -2.15. The number of rotatable bonds is 3. The van der Waals surface area contributed by atoms with E-state index in [-0.39, 0.29) is 5.91 Å². The Kier molecular flexibility index (Phi) is 3.84. The minimum Gasteiger partial charge on any atom is -0.310 e. The van der Waals surface area contributed by atoms with E-state index in [1.165, 1.54) is 0 Å². The quantitative estimate of drug-likeness (QED) is 0.791. The Labute approximate surface area is 127 Å². The lowest BCUT2D eigenvalue weighted by Gasteiger charge is -2.07. The molecule has 0 fully saturated rings. The first-order chi connectivity index (χ1) is 10.2. The van der Waals surface area contributed by atoms with Crippen LogP contribution in [-0.4, -0.2) is 10.9 Å². The lowest BCUT2D eigenvalue weighted by atomic mass is 10.0. The molecule has 1 amide bonds. The molecular weight excluding hydrogens is 284 g/mol. The van der Waals surface area contributed by atoms with Crippen molar-refractivity contribution in [3.8, 4) is 0 Å². The van der Waals surface area contributed by atoms with Crippen LogP contribution in [-0.2, 0) is 11.2 Å². The molecule has 4 heteroatoms. The number of halogens is 1. The number of pyridine rings is 1. The van der Waals surface area contributed by atoms with Crippen molar-refractivity contribution in [1.82, 2.24) is 4.98 Å². The Balaban J connectivity index is 1.80. The summed E-state index contributed by atoms with van der Waals surface area (Å²) >= 11 is 5.88. The standard InChI is InChI=1S/C17H13ClN2O/c18-14-8-9-19-16(11-14)20-17(21)10-13-6-3-5-12-4-1-2-7-15(12)13/h1-9,11H,10H2,(H,19,20,21). The van der Waals surface area contributed by atoms with Crippen LogP contribution in [0.4, 0.5) is 5.82 Å². The molecule has 0 bridgehead atoms. The minimum absolute atomic E-state index is 0.110. The Morgan fingerprint density at radius 3 is 2.76 bits per heavy atom. The molecular formula is C17H13ClN2O. The van der Waals surface area contributed by atoms with Crippen LogP contribution in [0.2, 0.25) is 5.02 Å². The number of carbonyl (C=O) groups is 1. The maximum atomic E-state index is 12.1. The highest BCUT2D eigenvalue weighted by atomic mass is 35.5. The minimum atomic E-state index is -0.110. The maximum absolute atomic E-state index is 12.1. The predicted octanol–water partition coefficient (Wildman–Crippen LogP) is 4.07. The molecule has 21 heavy (non-hydrogen) atoms. The molecule has 0 aliphatic carbocycles. The molecule has 0 saturated heterocycles. The first-order valence-electron chi connectivity index (χ1n) is 6.60. The summed E-state index contributed by atoms with van der Waals surface area (Å²) in [4.78, 5) is 16.2. The third-order valence-corrected chi connectivity index (χ3v) is 3.46. The third kappa shape index (κ3) is 3.20. The van der Waals surface area contributed by atoms with Crippen LogP contribution >= 0.6 is 11.6 Å². The number of nitrogens with one attached hydrogen (secondary N) is 1. The van der Waals surface area contributed by atoms with Gasteiger partial charge in [-0.3, -0.25) is 4.79 Å². The van der Waals surface area contributed by atoms with Crippen molar-refractivity contribution in [2.75, 3.05) is 5.32 Å². The number of aromatic nitrogens is 1. The van der Waals surface area contributed by atoms with E-state index in [9.17, 15) is 4.79 Å². The fourth-order valence-electron chi connectivity index (χ4n) is 2.28. The molecule has 1 N–H and O–H groups in total. The van der Waals surface area contributed by atoms with E-state index in [1.807, 2.05) is 42.5 Å². The number of carbonyl (C=O) groups excluding carboxylic acids is 1. The molecule has 0 aliphatic rings. The summed E-state index contributed by atoms with van der Waals surface area (Å²) in [7, 11) is 0. The lowest BCUT2D eigenvalue weighted by molar-refractivity contribution is -0.115. The molecule has 0 radical (unpaired) electrons. The number of fused-ring (bicyclic) bond motifs is 1. The number of anilines is 1. The van der Waals surface area contributed by atoms with Crippen LogP contribution < -0.4 is 5.32 Å². The van der Waals surface area contributed by atoms with Crippen LogP contribution in [0.25, 0.3) is 10.8 Å². The Hall–Kier alpha value is -2.39. The van der Waals surface area contributed by atoms with Crippen LogP contribution in [0, 0.1) is 0 Å². The molecule has 3 aromatic rings. The van der Waals surface area contributed by atoms with Crippen molar-refractivity contribution in [1.29, 1.82) is 0 Å². The van der Waals surface area contributed by atoms with Crippen molar-refractivity contribution in [3.63, 3.8) is 0 Å². The summed E-state index contributed by atoms with van der Waals surface area (Å²) < 4.78 is 0. The molecule has 1 aromatic heterocycles. The molecule has 0 aliphatic heterocycles. The molecule has 3 rings (SSSR count). The average Bonchev–Trinajstić information content (AvgIpc) is 2.47. The second-order valence-electron chi connectivity index (χ2n) is 4.72. The molecule has 0 spiro atoms. The highest BCUT2D eigenvalue weighted by Crippen LogP contribution is 2.19. The van der Waals surface area contributed by atoms with Gasteiger partial charge in [0.25, 0.3) is 0 Å². The van der Waals surface area contributed by atoms with Crippen LogP contribution in [0.15, 0.2) is 60.8 Å². The van der Waals surface area contributed by atoms with Crippen molar-refractivity contribution in [2.45, 2.75) is 6.42 Å². The highest BCUT2D eigenvalue weighted by molar-refractivity contribution is 6.30. The van der Waals surface area contributed by atoms with E-state index in [2.05, 4.69) is 10.3 Å². The Morgan fingerprint density at radius 1 is 1.10 bits per heavy atom.